The Morgan fingerprint density at radius 1 is 1.33 bits per heavy atom. The van der Waals surface area contributed by atoms with Crippen molar-refractivity contribution in [2.45, 2.75) is 19.4 Å². The third-order valence-corrected chi connectivity index (χ3v) is 3.32. The fourth-order valence-electron chi connectivity index (χ4n) is 1.42. The molecule has 18 heavy (non-hydrogen) atoms. The minimum atomic E-state index is -0.787. The lowest BCUT2D eigenvalue weighted by Gasteiger charge is -2.02. The molecule has 0 aliphatic rings. The van der Waals surface area contributed by atoms with Gasteiger partial charge in [-0.05, 0) is 18.6 Å². The molecular weight excluding hydrogens is 250 g/mol. The van der Waals surface area contributed by atoms with Crippen molar-refractivity contribution < 1.29 is 14.6 Å². The second-order valence-electron chi connectivity index (χ2n) is 3.72. The molecule has 0 atom stereocenters. The van der Waals surface area contributed by atoms with Crippen LogP contribution in [-0.4, -0.2) is 16.1 Å². The van der Waals surface area contributed by atoms with E-state index in [0.717, 1.165) is 15.6 Å². The number of benzene rings is 1. The summed E-state index contributed by atoms with van der Waals surface area (Å²) < 4.78 is 5.56. The summed E-state index contributed by atoms with van der Waals surface area (Å²) in [6.45, 7) is 0.418. The van der Waals surface area contributed by atoms with Crippen molar-refractivity contribution in [1.82, 2.24) is 4.98 Å². The summed E-state index contributed by atoms with van der Waals surface area (Å²) >= 11 is 1.49. The molecule has 2 rings (SSSR count). The van der Waals surface area contributed by atoms with Gasteiger partial charge in [0.05, 0.1) is 6.42 Å². The van der Waals surface area contributed by atoms with Crippen LogP contribution >= 0.6 is 11.3 Å². The highest BCUT2D eigenvalue weighted by Crippen LogP contribution is 2.17. The molecule has 94 valence electrons. The number of hydrogen-bond acceptors (Lipinski definition) is 4. The summed E-state index contributed by atoms with van der Waals surface area (Å²) in [5.74, 6) is 0.0188. The summed E-state index contributed by atoms with van der Waals surface area (Å²) in [5.41, 5.74) is 0. The van der Waals surface area contributed by atoms with Crippen molar-refractivity contribution in [1.29, 1.82) is 0 Å². The Kier molecular flexibility index (Phi) is 4.30. The zero-order chi connectivity index (χ0) is 12.8. The van der Waals surface area contributed by atoms with Gasteiger partial charge in [-0.25, -0.2) is 4.98 Å². The SMILES string of the molecule is O=C(O)CCc1cnc(COc2ccccc2)s1. The maximum absolute atomic E-state index is 10.4. The second-order valence-corrected chi connectivity index (χ2v) is 4.92. The van der Waals surface area contributed by atoms with Crippen molar-refractivity contribution in [3.63, 3.8) is 0 Å². The van der Waals surface area contributed by atoms with Crippen LogP contribution in [0.4, 0.5) is 0 Å². The molecule has 0 spiro atoms. The van der Waals surface area contributed by atoms with Gasteiger partial charge in [-0.2, -0.15) is 0 Å². The number of carboxylic acid groups (broad SMARTS) is 1. The molecule has 4 nitrogen and oxygen atoms in total. The van der Waals surface area contributed by atoms with E-state index in [1.165, 1.54) is 11.3 Å². The monoisotopic (exact) mass is 263 g/mol. The Morgan fingerprint density at radius 2 is 2.11 bits per heavy atom. The lowest BCUT2D eigenvalue weighted by molar-refractivity contribution is -0.136. The Labute approximate surface area is 109 Å². The van der Waals surface area contributed by atoms with Gasteiger partial charge in [0, 0.05) is 11.1 Å². The van der Waals surface area contributed by atoms with Gasteiger partial charge in [0.1, 0.15) is 17.4 Å². The topological polar surface area (TPSA) is 59.4 Å². The number of hydrogen-bond donors (Lipinski definition) is 1. The second kappa shape index (κ2) is 6.16. The quantitative estimate of drug-likeness (QED) is 0.870. The zero-order valence-electron chi connectivity index (χ0n) is 9.70. The first-order chi connectivity index (χ1) is 8.74. The number of thiazole rings is 1. The van der Waals surface area contributed by atoms with Gasteiger partial charge in [-0.3, -0.25) is 4.79 Å². The van der Waals surface area contributed by atoms with Gasteiger partial charge in [0.15, 0.2) is 0 Å². The molecule has 1 aromatic carbocycles. The lowest BCUT2D eigenvalue weighted by atomic mass is 10.3. The molecule has 1 heterocycles. The predicted octanol–water partition coefficient (Wildman–Crippen LogP) is 2.74. The number of nitrogens with zero attached hydrogens (tertiary/aromatic N) is 1. The summed E-state index contributed by atoms with van der Waals surface area (Å²) in [4.78, 5) is 15.6. The molecule has 0 saturated heterocycles. The van der Waals surface area contributed by atoms with E-state index in [9.17, 15) is 4.79 Å². The van der Waals surface area contributed by atoms with Crippen molar-refractivity contribution in [3.05, 3.63) is 46.4 Å². The minimum absolute atomic E-state index is 0.140. The number of rotatable bonds is 6. The average molecular weight is 263 g/mol. The highest BCUT2D eigenvalue weighted by molar-refractivity contribution is 7.11. The van der Waals surface area contributed by atoms with Crippen LogP contribution in [0.25, 0.3) is 0 Å². The fraction of sp³-hybridized carbons (Fsp3) is 0.231. The Bertz CT molecular complexity index is 510. The van der Waals surface area contributed by atoms with Gasteiger partial charge in [-0.1, -0.05) is 18.2 Å². The third kappa shape index (κ3) is 3.85. The van der Waals surface area contributed by atoms with Crippen LogP contribution in [0.1, 0.15) is 16.3 Å². The smallest absolute Gasteiger partial charge is 0.303 e. The molecule has 0 aliphatic heterocycles. The van der Waals surface area contributed by atoms with Gasteiger partial charge in [0.2, 0.25) is 0 Å². The number of aliphatic carboxylic acids is 1. The van der Waals surface area contributed by atoms with Gasteiger partial charge < -0.3 is 9.84 Å². The molecule has 0 radical (unpaired) electrons. The summed E-state index contributed by atoms with van der Waals surface area (Å²) in [5, 5.41) is 9.45. The van der Waals surface area contributed by atoms with E-state index in [1.807, 2.05) is 30.3 Å². The maximum atomic E-state index is 10.4. The molecule has 0 amide bonds. The largest absolute Gasteiger partial charge is 0.486 e. The molecule has 1 aromatic heterocycles. The number of carbonyl (C=O) groups is 1. The standard InChI is InChI=1S/C13H13NO3S/c15-13(16)7-6-11-8-14-12(18-11)9-17-10-4-2-1-3-5-10/h1-5,8H,6-7,9H2,(H,15,16). The normalized spacial score (nSPS) is 10.2. The van der Waals surface area contributed by atoms with Gasteiger partial charge in [-0.15, -0.1) is 11.3 Å². The van der Waals surface area contributed by atoms with Crippen LogP contribution in [-0.2, 0) is 17.8 Å². The number of para-hydroxylation sites is 1. The summed E-state index contributed by atoms with van der Waals surface area (Å²) in [6.07, 6.45) is 2.39. The van der Waals surface area contributed by atoms with E-state index < -0.39 is 5.97 Å². The molecular formula is C13H13NO3S. The molecule has 1 N–H and O–H groups in total. The number of ether oxygens (including phenoxy) is 1. The first-order valence-electron chi connectivity index (χ1n) is 5.57. The van der Waals surface area contributed by atoms with Crippen LogP contribution in [0.3, 0.4) is 0 Å². The molecule has 0 saturated carbocycles. The predicted molar refractivity (Wildman–Crippen MR) is 68.8 cm³/mol. The van der Waals surface area contributed by atoms with E-state index >= 15 is 0 Å². The Morgan fingerprint density at radius 3 is 2.83 bits per heavy atom. The van der Waals surface area contributed by atoms with E-state index in [0.29, 0.717) is 13.0 Å². The van der Waals surface area contributed by atoms with Crippen LogP contribution in [0.15, 0.2) is 36.5 Å². The minimum Gasteiger partial charge on any atom is -0.486 e. The van der Waals surface area contributed by atoms with E-state index in [2.05, 4.69) is 4.98 Å². The molecule has 0 fully saturated rings. The zero-order valence-corrected chi connectivity index (χ0v) is 10.5. The van der Waals surface area contributed by atoms with Crippen molar-refractivity contribution in [3.8, 4) is 5.75 Å². The van der Waals surface area contributed by atoms with E-state index in [-0.39, 0.29) is 6.42 Å². The lowest BCUT2D eigenvalue weighted by Crippen LogP contribution is -1.95. The van der Waals surface area contributed by atoms with Gasteiger partial charge in [0.25, 0.3) is 0 Å². The Hall–Kier alpha value is -1.88. The molecule has 0 unspecified atom stereocenters. The number of aryl methyl sites for hydroxylation is 1. The number of aromatic nitrogens is 1. The van der Waals surface area contributed by atoms with Crippen LogP contribution in [0, 0.1) is 0 Å². The third-order valence-electron chi connectivity index (χ3n) is 2.29. The first-order valence-corrected chi connectivity index (χ1v) is 6.39. The highest BCUT2D eigenvalue weighted by atomic mass is 32.1. The van der Waals surface area contributed by atoms with Crippen molar-refractivity contribution >= 4 is 17.3 Å². The van der Waals surface area contributed by atoms with Crippen molar-refractivity contribution in [2.24, 2.45) is 0 Å². The Balaban J connectivity index is 1.85. The van der Waals surface area contributed by atoms with Crippen LogP contribution in [0.5, 0.6) is 5.75 Å². The van der Waals surface area contributed by atoms with E-state index in [1.54, 1.807) is 6.20 Å². The maximum Gasteiger partial charge on any atom is 0.303 e. The molecule has 5 heteroatoms. The van der Waals surface area contributed by atoms with Crippen LogP contribution in [0.2, 0.25) is 0 Å². The molecule has 0 bridgehead atoms. The molecule has 2 aromatic rings. The fourth-order valence-corrected chi connectivity index (χ4v) is 2.26. The first kappa shape index (κ1) is 12.6. The summed E-state index contributed by atoms with van der Waals surface area (Å²) in [7, 11) is 0. The highest BCUT2D eigenvalue weighted by Gasteiger charge is 2.05. The average Bonchev–Trinajstić information content (AvgIpc) is 2.83. The van der Waals surface area contributed by atoms with E-state index in [4.69, 9.17) is 9.84 Å². The number of carboxylic acids is 1. The summed E-state index contributed by atoms with van der Waals surface area (Å²) in [6, 6.07) is 9.53. The van der Waals surface area contributed by atoms with Crippen molar-refractivity contribution in [2.75, 3.05) is 0 Å². The van der Waals surface area contributed by atoms with Crippen LogP contribution < -0.4 is 4.74 Å². The molecule has 0 aliphatic carbocycles. The van der Waals surface area contributed by atoms with Gasteiger partial charge >= 0.3 is 5.97 Å².